The van der Waals surface area contributed by atoms with Gasteiger partial charge in [0.05, 0.1) is 5.69 Å². The Bertz CT molecular complexity index is 294. The molecule has 4 heteroatoms. The molecule has 0 bridgehead atoms. The molecule has 2 rings (SSSR count). The molecule has 3 nitrogen and oxygen atoms in total. The molecule has 0 saturated carbocycles. The van der Waals surface area contributed by atoms with E-state index in [9.17, 15) is 0 Å². The van der Waals surface area contributed by atoms with E-state index in [0.717, 1.165) is 31.7 Å². The summed E-state index contributed by atoms with van der Waals surface area (Å²) in [5.41, 5.74) is 1.12. The highest BCUT2D eigenvalue weighted by atomic mass is 35.5. The molecule has 1 aromatic rings. The molecule has 1 aliphatic heterocycles. The number of hydrogen-bond acceptors (Lipinski definition) is 3. The van der Waals surface area contributed by atoms with E-state index in [1.54, 1.807) is 0 Å². The zero-order chi connectivity index (χ0) is 10.5. The SMILES string of the molecule is Cl.OCC1CCCN(Cc2ccccn2)C1. The fourth-order valence-electron chi connectivity index (χ4n) is 2.16. The van der Waals surface area contributed by atoms with E-state index in [-0.39, 0.29) is 12.4 Å². The van der Waals surface area contributed by atoms with Crippen molar-refractivity contribution in [2.75, 3.05) is 19.7 Å². The fourth-order valence-corrected chi connectivity index (χ4v) is 2.16. The largest absolute Gasteiger partial charge is 0.396 e. The van der Waals surface area contributed by atoms with Gasteiger partial charge in [-0.1, -0.05) is 6.07 Å². The fraction of sp³-hybridized carbons (Fsp3) is 0.583. The number of pyridine rings is 1. The van der Waals surface area contributed by atoms with Crippen molar-refractivity contribution >= 4 is 12.4 Å². The van der Waals surface area contributed by atoms with Crippen molar-refractivity contribution in [2.24, 2.45) is 5.92 Å². The van der Waals surface area contributed by atoms with Gasteiger partial charge in [-0.15, -0.1) is 12.4 Å². The van der Waals surface area contributed by atoms with Crippen molar-refractivity contribution in [1.82, 2.24) is 9.88 Å². The molecule has 1 saturated heterocycles. The van der Waals surface area contributed by atoms with Gasteiger partial charge in [-0.05, 0) is 37.4 Å². The molecule has 1 fully saturated rings. The van der Waals surface area contributed by atoms with Crippen LogP contribution in [0, 0.1) is 5.92 Å². The van der Waals surface area contributed by atoms with Crippen LogP contribution < -0.4 is 0 Å². The summed E-state index contributed by atoms with van der Waals surface area (Å²) in [7, 11) is 0. The van der Waals surface area contributed by atoms with E-state index < -0.39 is 0 Å². The average Bonchev–Trinajstić information content (AvgIpc) is 2.31. The van der Waals surface area contributed by atoms with Crippen LogP contribution in [0.5, 0.6) is 0 Å². The molecule has 0 spiro atoms. The van der Waals surface area contributed by atoms with E-state index in [1.165, 1.54) is 6.42 Å². The first-order valence-corrected chi connectivity index (χ1v) is 5.61. The van der Waals surface area contributed by atoms with Crippen molar-refractivity contribution in [3.05, 3.63) is 30.1 Å². The minimum absolute atomic E-state index is 0. The summed E-state index contributed by atoms with van der Waals surface area (Å²) in [5, 5.41) is 9.13. The number of aliphatic hydroxyl groups is 1. The van der Waals surface area contributed by atoms with Crippen LogP contribution in [0.1, 0.15) is 18.5 Å². The molecule has 1 aliphatic rings. The van der Waals surface area contributed by atoms with Gasteiger partial charge < -0.3 is 5.11 Å². The van der Waals surface area contributed by atoms with E-state index in [4.69, 9.17) is 5.11 Å². The molecule has 0 aliphatic carbocycles. The standard InChI is InChI=1S/C12H18N2O.ClH/c15-10-11-4-3-7-14(8-11)9-12-5-1-2-6-13-12;/h1-2,5-6,11,15H,3-4,7-10H2;1H. The molecule has 0 radical (unpaired) electrons. The third-order valence-corrected chi connectivity index (χ3v) is 2.97. The predicted molar refractivity (Wildman–Crippen MR) is 66.6 cm³/mol. The topological polar surface area (TPSA) is 36.4 Å². The highest BCUT2D eigenvalue weighted by Gasteiger charge is 2.19. The van der Waals surface area contributed by atoms with Crippen molar-refractivity contribution in [3.63, 3.8) is 0 Å². The number of aliphatic hydroxyl groups excluding tert-OH is 1. The third kappa shape index (κ3) is 3.74. The van der Waals surface area contributed by atoms with Gasteiger partial charge in [0, 0.05) is 25.9 Å². The quantitative estimate of drug-likeness (QED) is 0.877. The third-order valence-electron chi connectivity index (χ3n) is 2.97. The first-order chi connectivity index (χ1) is 7.38. The first kappa shape index (κ1) is 13.4. The molecular weight excluding hydrogens is 224 g/mol. The Morgan fingerprint density at radius 1 is 1.44 bits per heavy atom. The van der Waals surface area contributed by atoms with Crippen LogP contribution in [0.4, 0.5) is 0 Å². The maximum Gasteiger partial charge on any atom is 0.0543 e. The lowest BCUT2D eigenvalue weighted by Gasteiger charge is -2.31. The van der Waals surface area contributed by atoms with E-state index >= 15 is 0 Å². The number of halogens is 1. The Labute approximate surface area is 103 Å². The monoisotopic (exact) mass is 242 g/mol. The lowest BCUT2D eigenvalue weighted by Crippen LogP contribution is -2.36. The minimum atomic E-state index is 0. The van der Waals surface area contributed by atoms with Crippen LogP contribution in [-0.4, -0.2) is 34.7 Å². The molecule has 1 N–H and O–H groups in total. The van der Waals surface area contributed by atoms with Crippen LogP contribution >= 0.6 is 12.4 Å². The maximum absolute atomic E-state index is 9.13. The zero-order valence-corrected chi connectivity index (χ0v) is 10.2. The summed E-state index contributed by atoms with van der Waals surface area (Å²) in [5.74, 6) is 0.461. The van der Waals surface area contributed by atoms with Crippen LogP contribution in [-0.2, 0) is 6.54 Å². The predicted octanol–water partition coefficient (Wildman–Crippen LogP) is 1.71. The molecule has 0 aromatic carbocycles. The molecular formula is C12H19ClN2O. The number of likely N-dealkylation sites (tertiary alicyclic amines) is 1. The normalized spacial score (nSPS) is 21.4. The number of hydrogen-bond donors (Lipinski definition) is 1. The number of nitrogens with zero attached hydrogens (tertiary/aromatic N) is 2. The average molecular weight is 243 g/mol. The molecule has 16 heavy (non-hydrogen) atoms. The molecule has 90 valence electrons. The van der Waals surface area contributed by atoms with Crippen molar-refractivity contribution in [3.8, 4) is 0 Å². The van der Waals surface area contributed by atoms with Gasteiger partial charge in [0.25, 0.3) is 0 Å². The Hall–Kier alpha value is -0.640. The maximum atomic E-state index is 9.13. The number of piperidine rings is 1. The molecule has 1 atom stereocenters. The van der Waals surface area contributed by atoms with E-state index in [1.807, 2.05) is 18.3 Å². The second-order valence-corrected chi connectivity index (χ2v) is 4.25. The van der Waals surface area contributed by atoms with Gasteiger partial charge in [-0.2, -0.15) is 0 Å². The lowest BCUT2D eigenvalue weighted by molar-refractivity contribution is 0.115. The van der Waals surface area contributed by atoms with Crippen molar-refractivity contribution in [1.29, 1.82) is 0 Å². The van der Waals surface area contributed by atoms with Gasteiger partial charge in [0.2, 0.25) is 0 Å². The zero-order valence-electron chi connectivity index (χ0n) is 9.38. The summed E-state index contributed by atoms with van der Waals surface area (Å²) in [6, 6.07) is 6.02. The molecule has 0 amide bonds. The molecule has 2 heterocycles. The Kier molecular flexibility index (Phi) is 5.74. The molecule has 1 unspecified atom stereocenters. The van der Waals surface area contributed by atoms with E-state index in [2.05, 4.69) is 16.0 Å². The first-order valence-electron chi connectivity index (χ1n) is 5.61. The summed E-state index contributed by atoms with van der Waals surface area (Å²) in [4.78, 5) is 6.70. The number of rotatable bonds is 3. The van der Waals surface area contributed by atoms with Gasteiger partial charge >= 0.3 is 0 Å². The Morgan fingerprint density at radius 2 is 2.31 bits per heavy atom. The Balaban J connectivity index is 0.00000128. The number of aromatic nitrogens is 1. The van der Waals surface area contributed by atoms with Crippen molar-refractivity contribution in [2.45, 2.75) is 19.4 Å². The summed E-state index contributed by atoms with van der Waals surface area (Å²) >= 11 is 0. The van der Waals surface area contributed by atoms with Crippen molar-refractivity contribution < 1.29 is 5.11 Å². The van der Waals surface area contributed by atoms with Crippen LogP contribution in [0.25, 0.3) is 0 Å². The van der Waals surface area contributed by atoms with Gasteiger partial charge in [0.1, 0.15) is 0 Å². The second-order valence-electron chi connectivity index (χ2n) is 4.25. The van der Waals surface area contributed by atoms with Crippen LogP contribution in [0.2, 0.25) is 0 Å². The van der Waals surface area contributed by atoms with Crippen LogP contribution in [0.15, 0.2) is 24.4 Å². The lowest BCUT2D eigenvalue weighted by atomic mass is 9.99. The highest BCUT2D eigenvalue weighted by molar-refractivity contribution is 5.85. The highest BCUT2D eigenvalue weighted by Crippen LogP contribution is 2.17. The smallest absolute Gasteiger partial charge is 0.0543 e. The summed E-state index contributed by atoms with van der Waals surface area (Å²) in [6.07, 6.45) is 4.19. The van der Waals surface area contributed by atoms with Gasteiger partial charge in [0.15, 0.2) is 0 Å². The van der Waals surface area contributed by atoms with Gasteiger partial charge in [-0.3, -0.25) is 9.88 Å². The van der Waals surface area contributed by atoms with Gasteiger partial charge in [-0.25, -0.2) is 0 Å². The van der Waals surface area contributed by atoms with Crippen LogP contribution in [0.3, 0.4) is 0 Å². The minimum Gasteiger partial charge on any atom is -0.396 e. The Morgan fingerprint density at radius 3 is 3.00 bits per heavy atom. The molecule has 1 aromatic heterocycles. The second kappa shape index (κ2) is 6.84. The van der Waals surface area contributed by atoms with E-state index in [0.29, 0.717) is 12.5 Å². The summed E-state index contributed by atoms with van der Waals surface area (Å²) in [6.45, 7) is 3.37. The summed E-state index contributed by atoms with van der Waals surface area (Å²) < 4.78 is 0.